The van der Waals surface area contributed by atoms with Gasteiger partial charge in [-0.2, -0.15) is 13.2 Å². The molecule has 0 saturated heterocycles. The first-order chi connectivity index (χ1) is 13.2. The molecule has 166 valence electrons. The second-order valence-electron chi connectivity index (χ2n) is 7.23. The number of aliphatic hydroxyl groups excluding tert-OH is 1. The van der Waals surface area contributed by atoms with Crippen molar-refractivity contribution in [1.29, 1.82) is 0 Å². The highest BCUT2D eigenvalue weighted by atomic mass is 127. The average molecular weight is 530 g/mol. The molecule has 1 heterocycles. The second kappa shape index (κ2) is 11.7. The van der Waals surface area contributed by atoms with Gasteiger partial charge in [0.1, 0.15) is 5.69 Å². The van der Waals surface area contributed by atoms with Crippen LogP contribution in [0.15, 0.2) is 17.3 Å². The summed E-state index contributed by atoms with van der Waals surface area (Å²) in [4.78, 5) is 11.8. The normalized spacial score (nSPS) is 22.6. The first-order valence-electron chi connectivity index (χ1n) is 9.59. The van der Waals surface area contributed by atoms with E-state index in [1.165, 1.54) is 0 Å². The molecule has 1 aliphatic carbocycles. The number of nitrogens with zero attached hydrogens (tertiary/aromatic N) is 3. The molecule has 1 aromatic heterocycles. The summed E-state index contributed by atoms with van der Waals surface area (Å²) in [6.45, 7) is 5.93. The van der Waals surface area contributed by atoms with Crippen molar-refractivity contribution in [1.82, 2.24) is 20.6 Å². The zero-order valence-electron chi connectivity index (χ0n) is 16.7. The lowest BCUT2D eigenvalue weighted by Gasteiger charge is -2.37. The van der Waals surface area contributed by atoms with Gasteiger partial charge in [0.25, 0.3) is 0 Å². The number of hydrogen-bond donors (Lipinski definition) is 4. The van der Waals surface area contributed by atoms with Gasteiger partial charge in [-0.15, -0.1) is 24.0 Å². The Hall–Kier alpha value is -1.37. The Bertz CT molecular complexity index is 661. The molecular formula is C18H30F3IN6O. The minimum Gasteiger partial charge on any atom is -0.392 e. The van der Waals surface area contributed by atoms with Gasteiger partial charge in [0.15, 0.2) is 5.96 Å². The number of hydrogen-bond acceptors (Lipinski definition) is 5. The topological polar surface area (TPSA) is 94.5 Å². The number of aliphatic hydroxyl groups is 1. The van der Waals surface area contributed by atoms with E-state index in [-0.39, 0.29) is 41.4 Å². The van der Waals surface area contributed by atoms with Crippen molar-refractivity contribution in [2.24, 2.45) is 10.4 Å². The summed E-state index contributed by atoms with van der Waals surface area (Å²) < 4.78 is 38.0. The molecule has 1 fully saturated rings. The lowest BCUT2D eigenvalue weighted by atomic mass is 9.73. The van der Waals surface area contributed by atoms with Crippen LogP contribution in [-0.2, 0) is 6.18 Å². The molecule has 0 amide bonds. The molecule has 0 radical (unpaired) electrons. The van der Waals surface area contributed by atoms with Crippen LogP contribution in [0.25, 0.3) is 0 Å². The first kappa shape index (κ1) is 25.7. The van der Waals surface area contributed by atoms with Gasteiger partial charge in [-0.05, 0) is 25.8 Å². The number of aliphatic imine (C=N–C) groups is 1. The van der Waals surface area contributed by atoms with Crippen LogP contribution in [-0.4, -0.2) is 53.3 Å². The van der Waals surface area contributed by atoms with E-state index >= 15 is 0 Å². The summed E-state index contributed by atoms with van der Waals surface area (Å²) in [5, 5.41) is 19.3. The zero-order valence-corrected chi connectivity index (χ0v) is 19.1. The quantitative estimate of drug-likeness (QED) is 0.188. The average Bonchev–Trinajstić information content (AvgIpc) is 2.65. The fourth-order valence-electron chi connectivity index (χ4n) is 3.12. The van der Waals surface area contributed by atoms with Crippen molar-refractivity contribution in [3.63, 3.8) is 0 Å². The summed E-state index contributed by atoms with van der Waals surface area (Å²) in [5.41, 5.74) is -1.21. The van der Waals surface area contributed by atoms with Crippen molar-refractivity contribution < 1.29 is 18.3 Å². The maximum Gasteiger partial charge on any atom is 0.433 e. The number of rotatable bonds is 7. The van der Waals surface area contributed by atoms with Crippen molar-refractivity contribution >= 4 is 35.9 Å². The van der Waals surface area contributed by atoms with Crippen LogP contribution in [0.1, 0.15) is 45.2 Å². The number of aromatic nitrogens is 2. The third-order valence-electron chi connectivity index (χ3n) is 4.87. The third-order valence-corrected chi connectivity index (χ3v) is 4.87. The molecule has 2 rings (SSSR count). The molecule has 1 saturated carbocycles. The van der Waals surface area contributed by atoms with Crippen LogP contribution in [0, 0.1) is 5.41 Å². The van der Waals surface area contributed by atoms with Crippen molar-refractivity contribution in [2.45, 2.75) is 51.8 Å². The monoisotopic (exact) mass is 530 g/mol. The Balaban J connectivity index is 0.00000420. The standard InChI is InChI=1S/C18H29F3N6O.HI/c1-3-22-15(26-12-17(2)8-5-4-6-14(17)28)24-10-11-25-16-23-9-7-13(27-16)18(19,20)21;/h7,9,14,28H,3-6,8,10-12H2,1-2H3,(H2,22,24,26)(H,23,25,27);1H. The molecule has 0 aliphatic heterocycles. The predicted octanol–water partition coefficient (Wildman–Crippen LogP) is 3.02. The number of alkyl halides is 3. The molecular weight excluding hydrogens is 500 g/mol. The summed E-state index contributed by atoms with van der Waals surface area (Å²) in [5.74, 6) is 0.532. The minimum atomic E-state index is -4.50. The largest absolute Gasteiger partial charge is 0.433 e. The van der Waals surface area contributed by atoms with Crippen molar-refractivity contribution in [2.75, 3.05) is 31.5 Å². The van der Waals surface area contributed by atoms with E-state index in [4.69, 9.17) is 0 Å². The van der Waals surface area contributed by atoms with Gasteiger partial charge in [0.05, 0.1) is 12.6 Å². The van der Waals surface area contributed by atoms with Crippen LogP contribution in [0.4, 0.5) is 19.1 Å². The van der Waals surface area contributed by atoms with Crippen LogP contribution in [0.3, 0.4) is 0 Å². The molecule has 1 aliphatic rings. The maximum atomic E-state index is 12.7. The lowest BCUT2D eigenvalue weighted by molar-refractivity contribution is -0.141. The van der Waals surface area contributed by atoms with E-state index in [1.807, 2.05) is 6.92 Å². The number of nitrogens with one attached hydrogen (secondary N) is 3. The highest BCUT2D eigenvalue weighted by molar-refractivity contribution is 14.0. The summed E-state index contributed by atoms with van der Waals surface area (Å²) >= 11 is 0. The van der Waals surface area contributed by atoms with Gasteiger partial charge in [-0.25, -0.2) is 9.97 Å². The Morgan fingerprint density at radius 3 is 2.72 bits per heavy atom. The van der Waals surface area contributed by atoms with Gasteiger partial charge >= 0.3 is 6.18 Å². The van der Waals surface area contributed by atoms with E-state index in [0.29, 0.717) is 32.1 Å². The van der Waals surface area contributed by atoms with E-state index in [9.17, 15) is 18.3 Å². The highest BCUT2D eigenvalue weighted by Gasteiger charge is 2.35. The van der Waals surface area contributed by atoms with Gasteiger partial charge in [-0.1, -0.05) is 19.8 Å². The molecule has 0 aromatic carbocycles. The van der Waals surface area contributed by atoms with Gasteiger partial charge in [-0.3, -0.25) is 4.99 Å². The molecule has 1 aromatic rings. The fraction of sp³-hybridized carbons (Fsp3) is 0.722. The number of halogens is 4. The molecule has 2 unspecified atom stereocenters. The fourth-order valence-corrected chi connectivity index (χ4v) is 3.12. The van der Waals surface area contributed by atoms with Crippen LogP contribution < -0.4 is 16.0 Å². The van der Waals surface area contributed by atoms with Gasteiger partial charge in [0, 0.05) is 31.2 Å². The van der Waals surface area contributed by atoms with Crippen LogP contribution in [0.5, 0.6) is 0 Å². The Labute approximate surface area is 186 Å². The summed E-state index contributed by atoms with van der Waals surface area (Å²) in [7, 11) is 0. The lowest BCUT2D eigenvalue weighted by Crippen LogP contribution is -2.42. The highest BCUT2D eigenvalue weighted by Crippen LogP contribution is 2.36. The first-order valence-corrected chi connectivity index (χ1v) is 9.59. The van der Waals surface area contributed by atoms with Crippen molar-refractivity contribution in [3.05, 3.63) is 18.0 Å². The van der Waals surface area contributed by atoms with Gasteiger partial charge in [0.2, 0.25) is 5.95 Å². The van der Waals surface area contributed by atoms with Crippen molar-refractivity contribution in [3.8, 4) is 0 Å². The molecule has 2 atom stereocenters. The Morgan fingerprint density at radius 1 is 1.31 bits per heavy atom. The van der Waals surface area contributed by atoms with E-state index in [0.717, 1.165) is 37.9 Å². The number of anilines is 1. The second-order valence-corrected chi connectivity index (χ2v) is 7.23. The SMILES string of the molecule is CCNC(=NCC1(C)CCCCC1O)NCCNc1nccc(C(F)(F)F)n1.I. The maximum absolute atomic E-state index is 12.7. The van der Waals surface area contributed by atoms with E-state index < -0.39 is 11.9 Å². The summed E-state index contributed by atoms with van der Waals surface area (Å²) in [6.07, 6.45) is 0.0983. The molecule has 29 heavy (non-hydrogen) atoms. The van der Waals surface area contributed by atoms with E-state index in [1.54, 1.807) is 0 Å². The van der Waals surface area contributed by atoms with E-state index in [2.05, 4.69) is 37.8 Å². The van der Waals surface area contributed by atoms with Crippen LogP contribution in [0.2, 0.25) is 0 Å². The Morgan fingerprint density at radius 2 is 2.07 bits per heavy atom. The minimum absolute atomic E-state index is 0. The number of guanidine groups is 1. The summed E-state index contributed by atoms with van der Waals surface area (Å²) in [6, 6.07) is 0.833. The van der Waals surface area contributed by atoms with Gasteiger partial charge < -0.3 is 21.1 Å². The zero-order chi connectivity index (χ0) is 20.6. The molecule has 0 spiro atoms. The molecule has 11 heteroatoms. The predicted molar refractivity (Wildman–Crippen MR) is 118 cm³/mol. The molecule has 7 nitrogen and oxygen atoms in total. The Kier molecular flexibility index (Phi) is 10.4. The van der Waals surface area contributed by atoms with Crippen LogP contribution >= 0.6 is 24.0 Å². The third kappa shape index (κ3) is 8.11. The molecule has 0 bridgehead atoms. The molecule has 4 N–H and O–H groups in total. The smallest absolute Gasteiger partial charge is 0.392 e.